The molecule has 1 saturated heterocycles. The van der Waals surface area contributed by atoms with Crippen LogP contribution >= 0.6 is 0 Å². The van der Waals surface area contributed by atoms with Crippen LogP contribution in [0, 0.1) is 6.92 Å². The lowest BCUT2D eigenvalue weighted by molar-refractivity contribution is -0.141. The summed E-state index contributed by atoms with van der Waals surface area (Å²) < 4.78 is 0. The van der Waals surface area contributed by atoms with Gasteiger partial charge in [0.1, 0.15) is 6.04 Å². The van der Waals surface area contributed by atoms with Crippen molar-refractivity contribution >= 4 is 47.6 Å². The molecule has 66 heavy (non-hydrogen) atoms. The zero-order chi connectivity index (χ0) is 48.4. The summed E-state index contributed by atoms with van der Waals surface area (Å²) in [7, 11) is 0. The standard InChI is InChI=1S/C45H66N8O13/c1-33-8-10-35(11-9-33)28-53(17-5-3-6-37(45(65)66)47-27-40(56)57)44(64)36-14-12-34(13-15-36)26-48-38(54)7-2-4-16-46-39(55)29-49-18-20-50(30-41(58)59)22-24-52(32-43(62)63)25-23-51(21-19-49)31-42(60)61/h8-15,37,47H,2-7,16-32H2,1H3,(H,46,55)(H,48,54)(H,56,57)(H,58,59)(H,60,61)(H,62,63)(H,65,66). The minimum Gasteiger partial charge on any atom is -0.480 e. The maximum absolute atomic E-state index is 13.7. The lowest BCUT2D eigenvalue weighted by Crippen LogP contribution is -2.49. The van der Waals surface area contributed by atoms with E-state index in [9.17, 15) is 58.8 Å². The topological polar surface area (TPSA) is 290 Å². The van der Waals surface area contributed by atoms with Gasteiger partial charge < -0.3 is 41.1 Å². The number of carbonyl (C=O) groups excluding carboxylic acids is 3. The van der Waals surface area contributed by atoms with Gasteiger partial charge in [-0.15, -0.1) is 0 Å². The molecule has 0 aromatic heterocycles. The van der Waals surface area contributed by atoms with Crippen LogP contribution in [0.5, 0.6) is 0 Å². The zero-order valence-electron chi connectivity index (χ0n) is 37.7. The van der Waals surface area contributed by atoms with E-state index in [4.69, 9.17) is 5.11 Å². The van der Waals surface area contributed by atoms with Gasteiger partial charge in [0.05, 0.1) is 32.7 Å². The van der Waals surface area contributed by atoms with Crippen LogP contribution in [0.4, 0.5) is 0 Å². The Morgan fingerprint density at radius 2 is 1.08 bits per heavy atom. The molecule has 1 fully saturated rings. The molecular formula is C45H66N8O13. The van der Waals surface area contributed by atoms with E-state index in [1.165, 1.54) is 0 Å². The van der Waals surface area contributed by atoms with Crippen LogP contribution in [-0.2, 0) is 46.7 Å². The zero-order valence-corrected chi connectivity index (χ0v) is 37.7. The first-order valence-corrected chi connectivity index (χ1v) is 22.2. The van der Waals surface area contributed by atoms with Crippen LogP contribution in [0.15, 0.2) is 48.5 Å². The molecule has 21 nitrogen and oxygen atoms in total. The average Bonchev–Trinajstić information content (AvgIpc) is 3.25. The third kappa shape index (κ3) is 22.8. The predicted octanol–water partition coefficient (Wildman–Crippen LogP) is 0.313. The van der Waals surface area contributed by atoms with Gasteiger partial charge in [0.2, 0.25) is 11.8 Å². The number of nitrogens with one attached hydrogen (secondary N) is 3. The largest absolute Gasteiger partial charge is 0.480 e. The highest BCUT2D eigenvalue weighted by molar-refractivity contribution is 5.94. The molecule has 2 aromatic rings. The molecule has 0 bridgehead atoms. The van der Waals surface area contributed by atoms with E-state index in [0.29, 0.717) is 77.1 Å². The number of aryl methyl sites for hydroxylation is 1. The van der Waals surface area contributed by atoms with Crippen LogP contribution in [0.2, 0.25) is 0 Å². The van der Waals surface area contributed by atoms with Gasteiger partial charge in [-0.05, 0) is 62.3 Å². The van der Waals surface area contributed by atoms with Crippen molar-refractivity contribution in [3.63, 3.8) is 0 Å². The summed E-state index contributed by atoms with van der Waals surface area (Å²) in [4.78, 5) is 105. The van der Waals surface area contributed by atoms with Gasteiger partial charge in [-0.25, -0.2) is 0 Å². The van der Waals surface area contributed by atoms with E-state index in [1.807, 2.05) is 36.1 Å². The Balaban J connectivity index is 1.46. The number of hydrogen-bond acceptors (Lipinski definition) is 13. The first-order chi connectivity index (χ1) is 31.5. The summed E-state index contributed by atoms with van der Waals surface area (Å²) in [5.41, 5.74) is 3.23. The Kier molecular flexibility index (Phi) is 24.3. The number of aliphatic carboxylic acids is 5. The summed E-state index contributed by atoms with van der Waals surface area (Å²) in [6.07, 6.45) is 2.40. The summed E-state index contributed by atoms with van der Waals surface area (Å²) >= 11 is 0. The summed E-state index contributed by atoms with van der Waals surface area (Å²) in [6, 6.07) is 13.7. The van der Waals surface area contributed by atoms with E-state index < -0.39 is 42.4 Å². The summed E-state index contributed by atoms with van der Waals surface area (Å²) in [5, 5.41) is 54.9. The normalized spacial score (nSPS) is 15.1. The highest BCUT2D eigenvalue weighted by Gasteiger charge is 2.23. The first kappa shape index (κ1) is 54.3. The number of benzene rings is 2. The fraction of sp³-hybridized carbons (Fsp3) is 0.556. The van der Waals surface area contributed by atoms with E-state index in [-0.39, 0.29) is 89.5 Å². The molecular weight excluding hydrogens is 861 g/mol. The number of carboxylic acids is 5. The number of hydrogen-bond donors (Lipinski definition) is 8. The molecule has 0 radical (unpaired) electrons. The molecule has 2 aromatic carbocycles. The SMILES string of the molecule is Cc1ccc(CN(CCCCC(NCC(=O)O)C(=O)O)C(=O)c2ccc(CNC(=O)CCCCNC(=O)CN3CCN(CC(=O)O)CCN(CC(=O)O)CCN(CC(=O)O)CC3)cc2)cc1. The highest BCUT2D eigenvalue weighted by atomic mass is 16.4. The van der Waals surface area contributed by atoms with Gasteiger partial charge in [-0.2, -0.15) is 0 Å². The van der Waals surface area contributed by atoms with Gasteiger partial charge >= 0.3 is 29.8 Å². The molecule has 1 atom stereocenters. The molecule has 1 aliphatic heterocycles. The van der Waals surface area contributed by atoms with E-state index in [1.54, 1.807) is 43.9 Å². The second-order valence-corrected chi connectivity index (χ2v) is 16.4. The fourth-order valence-corrected chi connectivity index (χ4v) is 7.26. The lowest BCUT2D eigenvalue weighted by Gasteiger charge is -2.32. The van der Waals surface area contributed by atoms with Crippen LogP contribution in [0.3, 0.4) is 0 Å². The van der Waals surface area contributed by atoms with Crippen LogP contribution in [0.1, 0.15) is 65.6 Å². The second-order valence-electron chi connectivity index (χ2n) is 16.4. The van der Waals surface area contributed by atoms with Crippen LogP contribution in [-0.4, -0.2) is 202 Å². The van der Waals surface area contributed by atoms with Crippen LogP contribution < -0.4 is 16.0 Å². The number of carbonyl (C=O) groups is 8. The van der Waals surface area contributed by atoms with Gasteiger partial charge in [-0.3, -0.25) is 63.3 Å². The predicted molar refractivity (Wildman–Crippen MR) is 241 cm³/mol. The van der Waals surface area contributed by atoms with E-state index in [0.717, 1.165) is 16.7 Å². The first-order valence-electron chi connectivity index (χ1n) is 22.2. The van der Waals surface area contributed by atoms with Gasteiger partial charge in [0.15, 0.2) is 0 Å². The van der Waals surface area contributed by atoms with Gasteiger partial charge in [0, 0.05) is 90.5 Å². The van der Waals surface area contributed by atoms with Crippen molar-refractivity contribution in [2.24, 2.45) is 0 Å². The van der Waals surface area contributed by atoms with E-state index >= 15 is 0 Å². The maximum Gasteiger partial charge on any atom is 0.320 e. The molecule has 3 rings (SSSR count). The Morgan fingerprint density at radius 1 is 0.576 bits per heavy atom. The van der Waals surface area contributed by atoms with Crippen molar-refractivity contribution in [1.29, 1.82) is 0 Å². The molecule has 21 heteroatoms. The Morgan fingerprint density at radius 3 is 1.56 bits per heavy atom. The Labute approximate surface area is 384 Å². The molecule has 0 saturated carbocycles. The minimum absolute atomic E-state index is 0.00686. The van der Waals surface area contributed by atoms with Crippen molar-refractivity contribution in [2.75, 3.05) is 98.2 Å². The van der Waals surface area contributed by atoms with Crippen molar-refractivity contribution in [3.05, 3.63) is 70.8 Å². The molecule has 3 amide bonds. The Bertz CT molecular complexity index is 1870. The molecule has 0 aliphatic carbocycles. The maximum atomic E-state index is 13.7. The quantitative estimate of drug-likeness (QED) is 0.0560. The van der Waals surface area contributed by atoms with Crippen molar-refractivity contribution < 1.29 is 63.9 Å². The molecule has 364 valence electrons. The molecule has 1 aliphatic rings. The monoisotopic (exact) mass is 926 g/mol. The molecule has 0 spiro atoms. The van der Waals surface area contributed by atoms with Gasteiger partial charge in [-0.1, -0.05) is 42.0 Å². The second kappa shape index (κ2) is 29.5. The summed E-state index contributed by atoms with van der Waals surface area (Å²) in [5.74, 6) is -6.08. The molecule has 8 N–H and O–H groups in total. The fourth-order valence-electron chi connectivity index (χ4n) is 7.26. The third-order valence-electron chi connectivity index (χ3n) is 11.0. The van der Waals surface area contributed by atoms with Crippen molar-refractivity contribution in [2.45, 2.75) is 64.6 Å². The van der Waals surface area contributed by atoms with Crippen molar-refractivity contribution in [1.82, 2.24) is 40.4 Å². The molecule has 1 heterocycles. The lowest BCUT2D eigenvalue weighted by atomic mass is 10.1. The number of rotatable bonds is 27. The van der Waals surface area contributed by atoms with Gasteiger partial charge in [0.25, 0.3) is 5.91 Å². The highest BCUT2D eigenvalue weighted by Crippen LogP contribution is 2.15. The minimum atomic E-state index is -1.15. The van der Waals surface area contributed by atoms with Crippen LogP contribution in [0.25, 0.3) is 0 Å². The smallest absolute Gasteiger partial charge is 0.320 e. The molecule has 1 unspecified atom stereocenters. The summed E-state index contributed by atoms with van der Waals surface area (Å²) in [6.45, 7) is 4.27. The third-order valence-corrected chi connectivity index (χ3v) is 11.0. The van der Waals surface area contributed by atoms with Crippen molar-refractivity contribution in [3.8, 4) is 0 Å². The number of unbranched alkanes of at least 4 members (excludes halogenated alkanes) is 2. The van der Waals surface area contributed by atoms with E-state index in [2.05, 4.69) is 16.0 Å². The number of amides is 3. The Hall–Kier alpha value is -6.00. The number of nitrogens with zero attached hydrogens (tertiary/aromatic N) is 5. The average molecular weight is 927 g/mol. The number of carboxylic acid groups (broad SMARTS) is 5.